The molecule has 0 atom stereocenters. The van der Waals surface area contributed by atoms with Crippen LogP contribution in [0.2, 0.25) is 0 Å². The van der Waals surface area contributed by atoms with Crippen LogP contribution < -0.4 is 5.32 Å². The highest BCUT2D eigenvalue weighted by Gasteiger charge is 2.54. The van der Waals surface area contributed by atoms with Gasteiger partial charge in [0.1, 0.15) is 0 Å². The van der Waals surface area contributed by atoms with Gasteiger partial charge in [0.05, 0.1) is 11.5 Å². The second-order valence-electron chi connectivity index (χ2n) is 5.97. The number of hydrogen-bond donors (Lipinski definition) is 1. The minimum atomic E-state index is -2.88. The molecule has 2 aliphatic rings. The maximum atomic E-state index is 12.7. The summed E-state index contributed by atoms with van der Waals surface area (Å²) in [5, 5.41) is 3.12. The lowest BCUT2D eigenvalue weighted by molar-refractivity contribution is -0.153. The molecular formula is C12H23F2NO2S. The molecule has 0 amide bonds. The number of nitrogens with one attached hydrogen (secondary N) is 1. The van der Waals surface area contributed by atoms with Crippen molar-refractivity contribution in [2.75, 3.05) is 18.1 Å². The summed E-state index contributed by atoms with van der Waals surface area (Å²) >= 11 is 0. The first kappa shape index (κ1) is 15.8. The lowest BCUT2D eigenvalue weighted by Crippen LogP contribution is -2.64. The number of sulfone groups is 1. The molecule has 1 N–H and O–H groups in total. The highest BCUT2D eigenvalue weighted by molar-refractivity contribution is 7.93. The summed E-state index contributed by atoms with van der Waals surface area (Å²) in [5.74, 6) is -2.29. The Morgan fingerprint density at radius 1 is 1.11 bits per heavy atom. The van der Waals surface area contributed by atoms with E-state index in [1.807, 2.05) is 27.7 Å². The van der Waals surface area contributed by atoms with Crippen molar-refractivity contribution >= 4 is 9.84 Å². The van der Waals surface area contributed by atoms with Crippen molar-refractivity contribution < 1.29 is 17.2 Å². The first-order valence-corrected chi connectivity index (χ1v) is 8.19. The molecule has 1 saturated carbocycles. The Balaban J connectivity index is 0.000000771. The fourth-order valence-electron chi connectivity index (χ4n) is 2.78. The van der Waals surface area contributed by atoms with Gasteiger partial charge in [-0.15, -0.1) is 0 Å². The molecule has 1 heterocycles. The number of alkyl halides is 2. The molecule has 0 spiro atoms. The maximum absolute atomic E-state index is 12.7. The Morgan fingerprint density at radius 2 is 1.56 bits per heavy atom. The van der Waals surface area contributed by atoms with Crippen LogP contribution in [0.15, 0.2) is 0 Å². The molecule has 0 radical (unpaired) electrons. The number of halogens is 2. The van der Waals surface area contributed by atoms with Crippen LogP contribution in [-0.4, -0.2) is 37.9 Å². The summed E-state index contributed by atoms with van der Waals surface area (Å²) in [5.41, 5.74) is -0.793. The Labute approximate surface area is 108 Å². The largest absolute Gasteiger partial charge is 0.309 e. The van der Waals surface area contributed by atoms with Crippen molar-refractivity contribution in [3.05, 3.63) is 0 Å². The minimum absolute atomic E-state index is 0.101. The molecule has 0 bridgehead atoms. The van der Waals surface area contributed by atoms with E-state index in [2.05, 4.69) is 5.32 Å². The van der Waals surface area contributed by atoms with E-state index in [4.69, 9.17) is 0 Å². The predicted octanol–water partition coefficient (Wildman–Crippen LogP) is 2.22. The molecule has 0 aromatic heterocycles. The van der Waals surface area contributed by atoms with Crippen LogP contribution in [0.5, 0.6) is 0 Å². The summed E-state index contributed by atoms with van der Waals surface area (Å²) in [6.07, 6.45) is -0.203. The van der Waals surface area contributed by atoms with E-state index in [1.54, 1.807) is 0 Å². The minimum Gasteiger partial charge on any atom is -0.309 e. The highest BCUT2D eigenvalue weighted by atomic mass is 32.2. The summed E-state index contributed by atoms with van der Waals surface area (Å²) in [7, 11) is -2.88. The third kappa shape index (κ3) is 3.63. The monoisotopic (exact) mass is 283 g/mol. The van der Waals surface area contributed by atoms with E-state index in [9.17, 15) is 17.2 Å². The summed E-state index contributed by atoms with van der Waals surface area (Å²) in [4.78, 5) is 0. The summed E-state index contributed by atoms with van der Waals surface area (Å²) in [6.45, 7) is 8.11. The molecule has 108 valence electrons. The van der Waals surface area contributed by atoms with Crippen LogP contribution in [0, 0.1) is 5.41 Å². The van der Waals surface area contributed by atoms with Crippen LogP contribution in [0.25, 0.3) is 0 Å². The third-order valence-electron chi connectivity index (χ3n) is 3.39. The Hall–Kier alpha value is -0.230. The zero-order valence-electron chi connectivity index (χ0n) is 11.5. The quantitative estimate of drug-likeness (QED) is 0.864. The van der Waals surface area contributed by atoms with Crippen molar-refractivity contribution in [1.82, 2.24) is 5.32 Å². The zero-order valence-corrected chi connectivity index (χ0v) is 12.3. The molecule has 1 aliphatic heterocycles. The second kappa shape index (κ2) is 4.71. The van der Waals surface area contributed by atoms with Gasteiger partial charge >= 0.3 is 0 Å². The van der Waals surface area contributed by atoms with Crippen LogP contribution in [-0.2, 0) is 9.84 Å². The highest BCUT2D eigenvalue weighted by Crippen LogP contribution is 2.51. The molecule has 0 unspecified atom stereocenters. The van der Waals surface area contributed by atoms with E-state index in [-0.39, 0.29) is 29.8 Å². The van der Waals surface area contributed by atoms with Crippen molar-refractivity contribution in [2.24, 2.45) is 5.41 Å². The standard InChI is InChI=1S/C10H17F2NO2S.C2H6/c1-8(3-10(11,12)4-8)5-13-9(2)6-16(14,15)7-9;1-2/h13H,3-7H2,1-2H3;1-2H3. The first-order chi connectivity index (χ1) is 8.04. The SMILES string of the molecule is CC.CC1(CNC2(C)CS(=O)(=O)C2)CC(F)(F)C1. The fourth-order valence-corrected chi connectivity index (χ4v) is 4.84. The van der Waals surface area contributed by atoms with Crippen LogP contribution >= 0.6 is 0 Å². The van der Waals surface area contributed by atoms with Crippen molar-refractivity contribution in [3.63, 3.8) is 0 Å². The molecule has 1 saturated heterocycles. The van der Waals surface area contributed by atoms with Gasteiger partial charge in [0.2, 0.25) is 5.92 Å². The van der Waals surface area contributed by atoms with E-state index in [1.165, 1.54) is 0 Å². The molecule has 1 aliphatic carbocycles. The van der Waals surface area contributed by atoms with Gasteiger partial charge < -0.3 is 5.32 Å². The normalized spacial score (nSPS) is 29.2. The molecule has 18 heavy (non-hydrogen) atoms. The zero-order chi connectivity index (χ0) is 14.2. The van der Waals surface area contributed by atoms with Crippen LogP contribution in [0.1, 0.15) is 40.5 Å². The topological polar surface area (TPSA) is 46.2 Å². The van der Waals surface area contributed by atoms with Crippen molar-refractivity contribution in [3.8, 4) is 0 Å². The predicted molar refractivity (Wildman–Crippen MR) is 68.7 cm³/mol. The van der Waals surface area contributed by atoms with Gasteiger partial charge in [-0.25, -0.2) is 17.2 Å². The summed E-state index contributed by atoms with van der Waals surface area (Å²) in [6, 6.07) is 0. The van der Waals surface area contributed by atoms with E-state index in [0.29, 0.717) is 6.54 Å². The van der Waals surface area contributed by atoms with Gasteiger partial charge in [0.15, 0.2) is 9.84 Å². The Bertz CT molecular complexity index is 386. The van der Waals surface area contributed by atoms with Crippen LogP contribution in [0.3, 0.4) is 0 Å². The average molecular weight is 283 g/mol. The van der Waals surface area contributed by atoms with Gasteiger partial charge in [0.25, 0.3) is 0 Å². The van der Waals surface area contributed by atoms with Crippen LogP contribution in [0.4, 0.5) is 8.78 Å². The van der Waals surface area contributed by atoms with Gasteiger partial charge in [-0.1, -0.05) is 20.8 Å². The third-order valence-corrected chi connectivity index (χ3v) is 5.54. The maximum Gasteiger partial charge on any atom is 0.249 e. The first-order valence-electron chi connectivity index (χ1n) is 6.37. The van der Waals surface area contributed by atoms with E-state index >= 15 is 0 Å². The Kier molecular flexibility index (Phi) is 4.14. The van der Waals surface area contributed by atoms with Gasteiger partial charge in [-0.05, 0) is 12.3 Å². The Morgan fingerprint density at radius 3 is 1.89 bits per heavy atom. The van der Waals surface area contributed by atoms with Gasteiger partial charge in [-0.2, -0.15) is 0 Å². The molecule has 2 fully saturated rings. The molecule has 0 aromatic rings. The van der Waals surface area contributed by atoms with Crippen molar-refractivity contribution in [1.29, 1.82) is 0 Å². The number of rotatable bonds is 3. The molecule has 3 nitrogen and oxygen atoms in total. The fraction of sp³-hybridized carbons (Fsp3) is 1.00. The second-order valence-corrected chi connectivity index (χ2v) is 8.03. The lowest BCUT2D eigenvalue weighted by Gasteiger charge is -2.48. The lowest BCUT2D eigenvalue weighted by atomic mass is 9.67. The average Bonchev–Trinajstić information content (AvgIpc) is 2.12. The molecule has 6 heteroatoms. The van der Waals surface area contributed by atoms with E-state index < -0.39 is 21.3 Å². The number of hydrogen-bond acceptors (Lipinski definition) is 3. The smallest absolute Gasteiger partial charge is 0.249 e. The van der Waals surface area contributed by atoms with E-state index in [0.717, 1.165) is 0 Å². The van der Waals surface area contributed by atoms with Gasteiger partial charge in [0, 0.05) is 24.9 Å². The van der Waals surface area contributed by atoms with Gasteiger partial charge in [-0.3, -0.25) is 0 Å². The molecule has 2 rings (SSSR count). The summed E-state index contributed by atoms with van der Waals surface area (Å²) < 4.78 is 47.6. The molecular weight excluding hydrogens is 260 g/mol. The molecule has 0 aromatic carbocycles. The van der Waals surface area contributed by atoms with Crippen molar-refractivity contribution in [2.45, 2.75) is 52.0 Å².